The van der Waals surface area contributed by atoms with Crippen LogP contribution in [0, 0.1) is 5.92 Å². The van der Waals surface area contributed by atoms with Gasteiger partial charge in [-0.25, -0.2) is 4.98 Å². The molecule has 1 aliphatic carbocycles. The molecule has 1 atom stereocenters. The Balaban J connectivity index is 2.08. The van der Waals surface area contributed by atoms with E-state index in [2.05, 4.69) is 11.9 Å². The number of hydrogen-bond donors (Lipinski definition) is 0. The van der Waals surface area contributed by atoms with Gasteiger partial charge in [0, 0.05) is 18.2 Å². The molecule has 2 nitrogen and oxygen atoms in total. The van der Waals surface area contributed by atoms with E-state index < -0.39 is 0 Å². The summed E-state index contributed by atoms with van der Waals surface area (Å²) in [5.41, 5.74) is 0. The van der Waals surface area contributed by atoms with Crippen molar-refractivity contribution in [2.24, 2.45) is 5.92 Å². The first kappa shape index (κ1) is 12.1. The van der Waals surface area contributed by atoms with Crippen LogP contribution < -0.4 is 0 Å². The zero-order valence-electron chi connectivity index (χ0n) is 10.2. The predicted molar refractivity (Wildman–Crippen MR) is 67.8 cm³/mol. The van der Waals surface area contributed by atoms with Gasteiger partial charge in [0.15, 0.2) is 0 Å². The van der Waals surface area contributed by atoms with Crippen molar-refractivity contribution in [2.75, 3.05) is 7.11 Å². The van der Waals surface area contributed by atoms with Crippen molar-refractivity contribution >= 4 is 11.3 Å². The second kappa shape index (κ2) is 5.78. The second-order valence-electron chi connectivity index (χ2n) is 4.57. The minimum atomic E-state index is 0.241. The molecule has 0 aliphatic heterocycles. The smallest absolute Gasteiger partial charge is 0.122 e. The molecule has 1 aromatic rings. The molecule has 2 rings (SSSR count). The number of methoxy groups -OCH3 is 1. The van der Waals surface area contributed by atoms with Gasteiger partial charge in [-0.05, 0) is 25.2 Å². The van der Waals surface area contributed by atoms with Gasteiger partial charge in [0.25, 0.3) is 0 Å². The van der Waals surface area contributed by atoms with E-state index in [1.54, 1.807) is 0 Å². The van der Waals surface area contributed by atoms with E-state index >= 15 is 0 Å². The van der Waals surface area contributed by atoms with Gasteiger partial charge in [0.2, 0.25) is 0 Å². The van der Waals surface area contributed by atoms with Crippen molar-refractivity contribution in [1.82, 2.24) is 4.98 Å². The Morgan fingerprint density at radius 1 is 1.44 bits per heavy atom. The zero-order chi connectivity index (χ0) is 11.4. The molecular weight excluding hydrogens is 218 g/mol. The highest BCUT2D eigenvalue weighted by atomic mass is 32.1. The Kier molecular flexibility index (Phi) is 4.36. The van der Waals surface area contributed by atoms with E-state index in [0.717, 1.165) is 6.42 Å². The molecule has 1 fully saturated rings. The molecular formula is C13H21NOS. The predicted octanol–water partition coefficient (Wildman–Crippen LogP) is 3.97. The fourth-order valence-corrected chi connectivity index (χ4v) is 3.58. The first-order chi connectivity index (χ1) is 7.85. The Morgan fingerprint density at radius 2 is 2.19 bits per heavy atom. The van der Waals surface area contributed by atoms with Gasteiger partial charge >= 0.3 is 0 Å². The zero-order valence-corrected chi connectivity index (χ0v) is 11.1. The highest BCUT2D eigenvalue weighted by molar-refractivity contribution is 7.11. The molecule has 1 saturated carbocycles. The van der Waals surface area contributed by atoms with Crippen LogP contribution in [0.4, 0.5) is 0 Å². The third-order valence-corrected chi connectivity index (χ3v) is 4.70. The lowest BCUT2D eigenvalue weighted by Gasteiger charge is -2.27. The molecule has 16 heavy (non-hydrogen) atoms. The fourth-order valence-electron chi connectivity index (χ4n) is 2.55. The van der Waals surface area contributed by atoms with Gasteiger partial charge < -0.3 is 4.74 Å². The molecule has 0 N–H and O–H groups in total. The van der Waals surface area contributed by atoms with Crippen molar-refractivity contribution in [3.8, 4) is 0 Å². The molecule has 1 aromatic heterocycles. The SMILES string of the molecule is CCc1cnc(C(OC)C2CCCCC2)s1. The number of aryl methyl sites for hydroxylation is 1. The molecule has 0 radical (unpaired) electrons. The number of ether oxygens (including phenoxy) is 1. The van der Waals surface area contributed by atoms with Crippen LogP contribution in [0.25, 0.3) is 0 Å². The lowest BCUT2D eigenvalue weighted by molar-refractivity contribution is 0.0352. The normalized spacial score (nSPS) is 19.9. The molecule has 3 heteroatoms. The molecule has 90 valence electrons. The van der Waals surface area contributed by atoms with E-state index in [1.807, 2.05) is 24.6 Å². The minimum absolute atomic E-state index is 0.241. The number of aromatic nitrogens is 1. The van der Waals surface area contributed by atoms with E-state index in [4.69, 9.17) is 4.74 Å². The summed E-state index contributed by atoms with van der Waals surface area (Å²) < 4.78 is 5.68. The number of hydrogen-bond acceptors (Lipinski definition) is 3. The number of rotatable bonds is 4. The monoisotopic (exact) mass is 239 g/mol. The molecule has 0 amide bonds. The third-order valence-electron chi connectivity index (χ3n) is 3.50. The molecule has 0 aromatic carbocycles. The van der Waals surface area contributed by atoms with Crippen molar-refractivity contribution in [1.29, 1.82) is 0 Å². The Labute approximate surface area is 102 Å². The summed E-state index contributed by atoms with van der Waals surface area (Å²) in [4.78, 5) is 5.90. The minimum Gasteiger partial charge on any atom is -0.374 e. The van der Waals surface area contributed by atoms with Crippen LogP contribution in [0.1, 0.15) is 55.0 Å². The summed E-state index contributed by atoms with van der Waals surface area (Å²) >= 11 is 1.82. The van der Waals surface area contributed by atoms with Crippen LogP contribution in [-0.2, 0) is 11.2 Å². The van der Waals surface area contributed by atoms with Crippen molar-refractivity contribution in [3.63, 3.8) is 0 Å². The van der Waals surface area contributed by atoms with Crippen LogP contribution in [-0.4, -0.2) is 12.1 Å². The summed E-state index contributed by atoms with van der Waals surface area (Å²) in [6.07, 6.45) is 10.1. The van der Waals surface area contributed by atoms with Crippen LogP contribution >= 0.6 is 11.3 Å². The van der Waals surface area contributed by atoms with E-state index in [0.29, 0.717) is 5.92 Å². The summed E-state index contributed by atoms with van der Waals surface area (Å²) in [5.74, 6) is 0.689. The Hall–Kier alpha value is -0.410. The van der Waals surface area contributed by atoms with Gasteiger partial charge in [-0.2, -0.15) is 0 Å². The van der Waals surface area contributed by atoms with Gasteiger partial charge in [-0.3, -0.25) is 0 Å². The quantitative estimate of drug-likeness (QED) is 0.793. The van der Waals surface area contributed by atoms with E-state index in [1.165, 1.54) is 42.0 Å². The molecule has 1 heterocycles. The average Bonchev–Trinajstić information content (AvgIpc) is 2.80. The van der Waals surface area contributed by atoms with E-state index in [9.17, 15) is 0 Å². The van der Waals surface area contributed by atoms with Gasteiger partial charge in [0.1, 0.15) is 11.1 Å². The van der Waals surface area contributed by atoms with Crippen molar-refractivity contribution < 1.29 is 4.74 Å². The summed E-state index contributed by atoms with van der Waals surface area (Å²) in [6, 6.07) is 0. The summed E-state index contributed by atoms with van der Waals surface area (Å²) in [6.45, 7) is 2.18. The average molecular weight is 239 g/mol. The van der Waals surface area contributed by atoms with E-state index in [-0.39, 0.29) is 6.10 Å². The van der Waals surface area contributed by atoms with Crippen LogP contribution in [0.15, 0.2) is 6.20 Å². The maximum Gasteiger partial charge on any atom is 0.122 e. The molecule has 0 saturated heterocycles. The van der Waals surface area contributed by atoms with Gasteiger partial charge in [-0.1, -0.05) is 26.2 Å². The molecule has 1 unspecified atom stereocenters. The first-order valence-corrected chi connectivity index (χ1v) is 7.14. The lowest BCUT2D eigenvalue weighted by atomic mass is 9.85. The summed E-state index contributed by atoms with van der Waals surface area (Å²) in [5, 5.41) is 1.19. The Bertz CT molecular complexity index is 317. The molecule has 1 aliphatic rings. The van der Waals surface area contributed by atoms with Gasteiger partial charge in [-0.15, -0.1) is 11.3 Å². The standard InChI is InChI=1S/C13H21NOS/c1-3-11-9-14-13(16-11)12(15-2)10-7-5-4-6-8-10/h9-10,12H,3-8H2,1-2H3. The van der Waals surface area contributed by atoms with Crippen LogP contribution in [0.3, 0.4) is 0 Å². The Morgan fingerprint density at radius 3 is 2.75 bits per heavy atom. The molecule has 0 spiro atoms. The fraction of sp³-hybridized carbons (Fsp3) is 0.769. The lowest BCUT2D eigenvalue weighted by Crippen LogP contribution is -2.17. The van der Waals surface area contributed by atoms with Crippen LogP contribution in [0.5, 0.6) is 0 Å². The topological polar surface area (TPSA) is 22.1 Å². The number of nitrogens with zero attached hydrogens (tertiary/aromatic N) is 1. The maximum absolute atomic E-state index is 5.68. The maximum atomic E-state index is 5.68. The first-order valence-electron chi connectivity index (χ1n) is 6.32. The van der Waals surface area contributed by atoms with Gasteiger partial charge in [0.05, 0.1) is 0 Å². The highest BCUT2D eigenvalue weighted by Crippen LogP contribution is 2.37. The van der Waals surface area contributed by atoms with Crippen LogP contribution in [0.2, 0.25) is 0 Å². The number of thiazole rings is 1. The van der Waals surface area contributed by atoms with Crippen molar-refractivity contribution in [3.05, 3.63) is 16.1 Å². The molecule has 0 bridgehead atoms. The largest absolute Gasteiger partial charge is 0.374 e. The second-order valence-corrected chi connectivity index (χ2v) is 5.72. The third kappa shape index (κ3) is 2.64. The highest BCUT2D eigenvalue weighted by Gasteiger charge is 2.27. The van der Waals surface area contributed by atoms with Crippen molar-refractivity contribution in [2.45, 2.75) is 51.6 Å². The summed E-state index contributed by atoms with van der Waals surface area (Å²) in [7, 11) is 1.83.